The van der Waals surface area contributed by atoms with Crippen LogP contribution in [-0.2, 0) is 0 Å². The summed E-state index contributed by atoms with van der Waals surface area (Å²) in [7, 11) is 0. The third-order valence-corrected chi connectivity index (χ3v) is 5.05. The molecule has 21 heavy (non-hydrogen) atoms. The van der Waals surface area contributed by atoms with Crippen molar-refractivity contribution in [2.45, 2.75) is 62.4 Å². The Bertz CT molecular complexity index is 408. The first-order chi connectivity index (χ1) is 10.2. The second-order valence-corrected chi connectivity index (χ2v) is 7.24. The minimum Gasteiger partial charge on any atom is -0.366 e. The van der Waals surface area contributed by atoms with Gasteiger partial charge in [-0.15, -0.1) is 23.5 Å². The van der Waals surface area contributed by atoms with Crippen LogP contribution in [0, 0.1) is 0 Å². The summed E-state index contributed by atoms with van der Waals surface area (Å²) in [6.07, 6.45) is 7.27. The van der Waals surface area contributed by atoms with Crippen LogP contribution < -0.4 is 5.73 Å². The van der Waals surface area contributed by atoms with Gasteiger partial charge in [0.15, 0.2) is 0 Å². The van der Waals surface area contributed by atoms with E-state index >= 15 is 0 Å². The van der Waals surface area contributed by atoms with Crippen LogP contribution in [0.5, 0.6) is 0 Å². The number of pyridine rings is 1. The molecule has 0 bridgehead atoms. The third-order valence-electron chi connectivity index (χ3n) is 3.06. The van der Waals surface area contributed by atoms with Crippen LogP contribution in [0.4, 0.5) is 0 Å². The molecule has 0 radical (unpaired) electrons. The number of primary amides is 1. The largest absolute Gasteiger partial charge is 0.366 e. The Morgan fingerprint density at radius 2 is 1.48 bits per heavy atom. The Morgan fingerprint density at radius 3 is 1.86 bits per heavy atom. The Morgan fingerprint density at radius 1 is 1.00 bits per heavy atom. The smallest absolute Gasteiger partial charge is 0.248 e. The molecular formula is C16H26N2OS2. The second kappa shape index (κ2) is 11.0. The fourth-order valence-electron chi connectivity index (χ4n) is 1.83. The van der Waals surface area contributed by atoms with E-state index in [-0.39, 0.29) is 5.91 Å². The Balaban J connectivity index is 2.63. The van der Waals surface area contributed by atoms with Crippen LogP contribution in [0.3, 0.4) is 0 Å². The van der Waals surface area contributed by atoms with Gasteiger partial charge in [0.2, 0.25) is 5.91 Å². The van der Waals surface area contributed by atoms with E-state index in [0.717, 1.165) is 21.6 Å². The van der Waals surface area contributed by atoms with Crippen LogP contribution in [0.25, 0.3) is 0 Å². The van der Waals surface area contributed by atoms with E-state index in [2.05, 4.69) is 18.8 Å². The summed E-state index contributed by atoms with van der Waals surface area (Å²) in [5, 5.41) is 1.83. The van der Waals surface area contributed by atoms with Gasteiger partial charge in [-0.05, 0) is 36.5 Å². The van der Waals surface area contributed by atoms with E-state index in [0.29, 0.717) is 5.56 Å². The lowest BCUT2D eigenvalue weighted by Gasteiger charge is -2.07. The van der Waals surface area contributed by atoms with Crippen LogP contribution in [0.2, 0.25) is 0 Å². The van der Waals surface area contributed by atoms with Gasteiger partial charge in [-0.3, -0.25) is 4.79 Å². The van der Waals surface area contributed by atoms with Crippen molar-refractivity contribution in [3.05, 3.63) is 17.7 Å². The number of carbonyl (C=O) groups excluding carboxylic acids is 1. The molecule has 0 atom stereocenters. The summed E-state index contributed by atoms with van der Waals surface area (Å²) in [4.78, 5) is 16.1. The quantitative estimate of drug-likeness (QED) is 0.471. The van der Waals surface area contributed by atoms with Crippen molar-refractivity contribution in [1.82, 2.24) is 4.98 Å². The number of nitrogens with two attached hydrogens (primary N) is 1. The van der Waals surface area contributed by atoms with E-state index in [4.69, 9.17) is 5.73 Å². The predicted octanol–water partition coefficient (Wildman–Crippen LogP) is 4.75. The summed E-state index contributed by atoms with van der Waals surface area (Å²) >= 11 is 3.44. The van der Waals surface area contributed by atoms with E-state index < -0.39 is 0 Å². The monoisotopic (exact) mass is 326 g/mol. The molecule has 0 fully saturated rings. The fraction of sp³-hybridized carbons (Fsp3) is 0.625. The lowest BCUT2D eigenvalue weighted by atomic mass is 10.3. The number of hydrogen-bond acceptors (Lipinski definition) is 4. The average Bonchev–Trinajstić information content (AvgIpc) is 2.48. The third kappa shape index (κ3) is 7.77. The number of rotatable bonds is 11. The number of nitrogens with zero attached hydrogens (tertiary/aromatic N) is 1. The van der Waals surface area contributed by atoms with Gasteiger partial charge in [0.1, 0.15) is 0 Å². The first-order valence-electron chi connectivity index (χ1n) is 7.74. The zero-order chi connectivity index (χ0) is 15.5. The highest BCUT2D eigenvalue weighted by Gasteiger charge is 2.08. The van der Waals surface area contributed by atoms with E-state index in [1.165, 1.54) is 38.5 Å². The zero-order valence-electron chi connectivity index (χ0n) is 13.1. The topological polar surface area (TPSA) is 56.0 Å². The van der Waals surface area contributed by atoms with Crippen molar-refractivity contribution in [2.24, 2.45) is 5.73 Å². The number of unbranched alkanes of at least 4 members (excludes halogenated alkanes) is 4. The summed E-state index contributed by atoms with van der Waals surface area (Å²) in [5.74, 6) is 1.72. The molecule has 1 aromatic heterocycles. The van der Waals surface area contributed by atoms with Gasteiger partial charge < -0.3 is 5.73 Å². The normalized spacial score (nSPS) is 10.8. The minimum absolute atomic E-state index is 0.372. The maximum atomic E-state index is 11.4. The van der Waals surface area contributed by atoms with Gasteiger partial charge in [-0.2, -0.15) is 0 Å². The molecular weight excluding hydrogens is 300 g/mol. The highest BCUT2D eigenvalue weighted by Crippen LogP contribution is 2.25. The minimum atomic E-state index is -0.372. The van der Waals surface area contributed by atoms with Gasteiger partial charge in [-0.1, -0.05) is 39.5 Å². The molecule has 1 heterocycles. The van der Waals surface area contributed by atoms with E-state index in [1.54, 1.807) is 23.5 Å². The summed E-state index contributed by atoms with van der Waals surface area (Å²) in [6, 6.07) is 3.63. The molecule has 0 unspecified atom stereocenters. The second-order valence-electron chi connectivity index (χ2n) is 5.01. The van der Waals surface area contributed by atoms with Gasteiger partial charge in [0.05, 0.1) is 10.1 Å². The Hall–Kier alpha value is -0.680. The van der Waals surface area contributed by atoms with Crippen LogP contribution in [0.15, 0.2) is 22.2 Å². The molecule has 0 saturated heterocycles. The van der Waals surface area contributed by atoms with Crippen LogP contribution >= 0.6 is 23.5 Å². The summed E-state index contributed by atoms with van der Waals surface area (Å²) in [5.41, 5.74) is 5.99. The molecule has 2 N–H and O–H groups in total. The number of carbonyl (C=O) groups is 1. The number of hydrogen-bond donors (Lipinski definition) is 1. The van der Waals surface area contributed by atoms with Crippen molar-refractivity contribution in [3.8, 4) is 0 Å². The molecule has 5 heteroatoms. The van der Waals surface area contributed by atoms with Crippen molar-refractivity contribution in [1.29, 1.82) is 0 Å². The lowest BCUT2D eigenvalue weighted by molar-refractivity contribution is 0.0999. The van der Waals surface area contributed by atoms with Crippen molar-refractivity contribution in [3.63, 3.8) is 0 Å². The highest BCUT2D eigenvalue weighted by molar-refractivity contribution is 7.99. The molecule has 0 aromatic carbocycles. The SMILES string of the molecule is CCCCCSc1cc(C(N)=O)cc(SCCCCC)n1. The maximum Gasteiger partial charge on any atom is 0.248 e. The van der Waals surface area contributed by atoms with Gasteiger partial charge in [0, 0.05) is 5.56 Å². The highest BCUT2D eigenvalue weighted by atomic mass is 32.2. The van der Waals surface area contributed by atoms with Gasteiger partial charge >= 0.3 is 0 Å². The predicted molar refractivity (Wildman–Crippen MR) is 93.3 cm³/mol. The number of amides is 1. The molecule has 118 valence electrons. The molecule has 1 amide bonds. The van der Waals surface area contributed by atoms with Crippen molar-refractivity contribution >= 4 is 29.4 Å². The summed E-state index contributed by atoms with van der Waals surface area (Å²) in [6.45, 7) is 4.39. The number of aromatic nitrogens is 1. The Kier molecular flexibility index (Phi) is 9.59. The standard InChI is InChI=1S/C16H26N2OS2/c1-3-5-7-9-20-14-11-13(16(17)19)12-15(18-14)21-10-8-6-4-2/h11-12H,3-10H2,1-2H3,(H2,17,19). The van der Waals surface area contributed by atoms with Crippen LogP contribution in [0.1, 0.15) is 62.7 Å². The zero-order valence-corrected chi connectivity index (χ0v) is 14.7. The maximum absolute atomic E-state index is 11.4. The molecule has 3 nitrogen and oxygen atoms in total. The van der Waals surface area contributed by atoms with E-state index in [9.17, 15) is 4.79 Å². The first-order valence-corrected chi connectivity index (χ1v) is 9.72. The van der Waals surface area contributed by atoms with Crippen molar-refractivity contribution < 1.29 is 4.79 Å². The number of thioether (sulfide) groups is 2. The first kappa shape index (κ1) is 18.4. The lowest BCUT2D eigenvalue weighted by Crippen LogP contribution is -2.11. The summed E-state index contributed by atoms with van der Waals surface area (Å²) < 4.78 is 0. The Labute approximate surface area is 136 Å². The molecule has 1 rings (SSSR count). The van der Waals surface area contributed by atoms with Gasteiger partial charge in [0.25, 0.3) is 0 Å². The van der Waals surface area contributed by atoms with Gasteiger partial charge in [-0.25, -0.2) is 4.98 Å². The van der Waals surface area contributed by atoms with E-state index in [1.807, 2.05) is 12.1 Å². The molecule has 0 saturated carbocycles. The molecule has 0 aliphatic heterocycles. The van der Waals surface area contributed by atoms with Crippen molar-refractivity contribution in [2.75, 3.05) is 11.5 Å². The molecule has 0 aliphatic rings. The molecule has 0 spiro atoms. The molecule has 1 aromatic rings. The van der Waals surface area contributed by atoms with Crippen LogP contribution in [-0.4, -0.2) is 22.4 Å². The fourth-order valence-corrected chi connectivity index (χ4v) is 3.75. The average molecular weight is 327 g/mol. The molecule has 0 aliphatic carbocycles.